The lowest BCUT2D eigenvalue weighted by Gasteiger charge is -2.24. The van der Waals surface area contributed by atoms with Crippen molar-refractivity contribution in [1.29, 1.82) is 0 Å². The molecule has 1 aliphatic rings. The number of para-hydroxylation sites is 1. The van der Waals surface area contributed by atoms with Crippen LogP contribution in [0.3, 0.4) is 0 Å². The van der Waals surface area contributed by atoms with Crippen molar-refractivity contribution in [2.45, 2.75) is 39.9 Å². The summed E-state index contributed by atoms with van der Waals surface area (Å²) in [5.41, 5.74) is 5.52. The Morgan fingerprint density at radius 1 is 0.838 bits per heavy atom. The summed E-state index contributed by atoms with van der Waals surface area (Å²) in [6.45, 7) is 7.27. The fourth-order valence-corrected chi connectivity index (χ4v) is 5.06. The van der Waals surface area contributed by atoms with Crippen LogP contribution in [0, 0.1) is 0 Å². The van der Waals surface area contributed by atoms with Crippen LogP contribution in [0.15, 0.2) is 71.5 Å². The lowest BCUT2D eigenvalue weighted by Crippen LogP contribution is -2.34. The Bertz CT molecular complexity index is 1470. The van der Waals surface area contributed by atoms with E-state index in [1.54, 1.807) is 9.13 Å². The van der Waals surface area contributed by atoms with Gasteiger partial charge in [0, 0.05) is 38.2 Å². The lowest BCUT2D eigenvalue weighted by molar-refractivity contribution is 0.0571. The maximum Gasteiger partial charge on any atom is 0.329 e. The van der Waals surface area contributed by atoms with Crippen molar-refractivity contribution in [1.82, 2.24) is 14.0 Å². The molecule has 0 fully saturated rings. The summed E-state index contributed by atoms with van der Waals surface area (Å²) in [7, 11) is 0. The standard InChI is InChI=1S/C30H33N3O4/c1-3-32-26-13-12-25(20-27(26)33(4-2)30(32)35)29(34)31-14-15-36-16-17-37-28-11-6-5-10-24(28)19-22-8-7-9-23(18-22)21-31/h5-13,18,20H,3-4,14-17,19,21H2,1-2H3. The second-order valence-electron chi connectivity index (χ2n) is 9.27. The zero-order valence-electron chi connectivity index (χ0n) is 21.5. The van der Waals surface area contributed by atoms with Crippen molar-refractivity contribution in [2.75, 3.05) is 26.4 Å². The van der Waals surface area contributed by atoms with E-state index >= 15 is 0 Å². The van der Waals surface area contributed by atoms with Crippen LogP contribution >= 0.6 is 0 Å². The Morgan fingerprint density at radius 3 is 2.46 bits per heavy atom. The zero-order chi connectivity index (χ0) is 25.8. The molecule has 37 heavy (non-hydrogen) atoms. The second-order valence-corrected chi connectivity index (χ2v) is 9.27. The highest BCUT2D eigenvalue weighted by atomic mass is 16.5. The van der Waals surface area contributed by atoms with Gasteiger partial charge >= 0.3 is 5.69 Å². The van der Waals surface area contributed by atoms with Gasteiger partial charge in [0.1, 0.15) is 12.4 Å². The first-order valence-corrected chi connectivity index (χ1v) is 13.0. The van der Waals surface area contributed by atoms with E-state index in [0.29, 0.717) is 51.6 Å². The maximum absolute atomic E-state index is 13.8. The number of hydrogen-bond donors (Lipinski definition) is 0. The largest absolute Gasteiger partial charge is 0.491 e. The minimum atomic E-state index is -0.0797. The number of nitrogens with zero attached hydrogens (tertiary/aromatic N) is 3. The van der Waals surface area contributed by atoms with Gasteiger partial charge in [-0.05, 0) is 54.8 Å². The van der Waals surface area contributed by atoms with Gasteiger partial charge < -0.3 is 14.4 Å². The summed E-state index contributed by atoms with van der Waals surface area (Å²) in [4.78, 5) is 28.4. The molecule has 3 aromatic carbocycles. The Labute approximate surface area is 216 Å². The van der Waals surface area contributed by atoms with Gasteiger partial charge in [0.2, 0.25) is 0 Å². The number of carbonyl (C=O) groups excluding carboxylic acids is 1. The molecule has 192 valence electrons. The van der Waals surface area contributed by atoms with Crippen LogP contribution in [0.4, 0.5) is 0 Å². The molecule has 2 bridgehead atoms. The van der Waals surface area contributed by atoms with Gasteiger partial charge in [-0.25, -0.2) is 4.79 Å². The molecule has 1 aliphatic heterocycles. The monoisotopic (exact) mass is 499 g/mol. The Balaban J connectivity index is 1.46. The number of carbonyl (C=O) groups is 1. The second kappa shape index (κ2) is 11.0. The van der Waals surface area contributed by atoms with Gasteiger partial charge in [-0.2, -0.15) is 0 Å². The SMILES string of the molecule is CCn1c(=O)n(CC)c2cc(C(=O)N3CCOCCOc4ccccc4Cc4cccc(c4)C3)ccc21. The summed E-state index contributed by atoms with van der Waals surface area (Å²) in [6.07, 6.45) is 0.748. The maximum atomic E-state index is 13.8. The molecule has 0 unspecified atom stereocenters. The molecular formula is C30H33N3O4. The van der Waals surface area contributed by atoms with Crippen LogP contribution in [0.2, 0.25) is 0 Å². The van der Waals surface area contributed by atoms with Crippen molar-refractivity contribution >= 4 is 16.9 Å². The number of amides is 1. The zero-order valence-corrected chi connectivity index (χ0v) is 21.5. The van der Waals surface area contributed by atoms with Gasteiger partial charge in [-0.3, -0.25) is 13.9 Å². The number of aryl methyl sites for hydroxylation is 2. The average molecular weight is 500 g/mol. The van der Waals surface area contributed by atoms with Crippen molar-refractivity contribution in [3.8, 4) is 5.75 Å². The quantitative estimate of drug-likeness (QED) is 0.417. The van der Waals surface area contributed by atoms with E-state index in [1.807, 2.05) is 61.2 Å². The number of imidazole rings is 1. The van der Waals surface area contributed by atoms with Crippen molar-refractivity contribution in [3.05, 3.63) is 99.5 Å². The third-order valence-electron chi connectivity index (χ3n) is 6.91. The van der Waals surface area contributed by atoms with Gasteiger partial charge in [-0.15, -0.1) is 0 Å². The number of hydrogen-bond acceptors (Lipinski definition) is 4. The van der Waals surface area contributed by atoms with Crippen LogP contribution in [-0.4, -0.2) is 46.3 Å². The molecule has 4 aromatic rings. The number of ether oxygens (including phenoxy) is 2. The summed E-state index contributed by atoms with van der Waals surface area (Å²) < 4.78 is 15.3. The fraction of sp³-hybridized carbons (Fsp3) is 0.333. The first kappa shape index (κ1) is 24.8. The molecule has 0 radical (unpaired) electrons. The van der Waals surface area contributed by atoms with E-state index < -0.39 is 0 Å². The summed E-state index contributed by atoms with van der Waals surface area (Å²) in [5.74, 6) is 0.798. The molecule has 7 heteroatoms. The molecule has 7 nitrogen and oxygen atoms in total. The molecule has 2 heterocycles. The molecule has 1 amide bonds. The van der Waals surface area contributed by atoms with E-state index in [0.717, 1.165) is 34.3 Å². The predicted molar refractivity (Wildman–Crippen MR) is 144 cm³/mol. The fourth-order valence-electron chi connectivity index (χ4n) is 5.06. The van der Waals surface area contributed by atoms with E-state index in [4.69, 9.17) is 9.47 Å². The van der Waals surface area contributed by atoms with Crippen molar-refractivity contribution in [2.24, 2.45) is 0 Å². The third kappa shape index (κ3) is 5.18. The minimum Gasteiger partial charge on any atom is -0.491 e. The number of fused-ring (bicyclic) bond motifs is 4. The molecule has 0 saturated carbocycles. The third-order valence-corrected chi connectivity index (χ3v) is 6.91. The van der Waals surface area contributed by atoms with Crippen LogP contribution in [0.25, 0.3) is 11.0 Å². The van der Waals surface area contributed by atoms with Crippen LogP contribution in [0.1, 0.15) is 40.9 Å². The highest BCUT2D eigenvalue weighted by Gasteiger charge is 2.20. The first-order chi connectivity index (χ1) is 18.1. The molecule has 0 saturated heterocycles. The van der Waals surface area contributed by atoms with E-state index in [9.17, 15) is 9.59 Å². The molecular weight excluding hydrogens is 466 g/mol. The van der Waals surface area contributed by atoms with E-state index in [-0.39, 0.29) is 11.6 Å². The van der Waals surface area contributed by atoms with Crippen LogP contribution < -0.4 is 10.4 Å². The van der Waals surface area contributed by atoms with E-state index in [2.05, 4.69) is 24.3 Å². The molecule has 0 aliphatic carbocycles. The smallest absolute Gasteiger partial charge is 0.329 e. The molecule has 5 rings (SSSR count). The Hall–Kier alpha value is -3.84. The summed E-state index contributed by atoms with van der Waals surface area (Å²) in [6, 6.07) is 22.0. The topological polar surface area (TPSA) is 65.7 Å². The molecule has 0 N–H and O–H groups in total. The van der Waals surface area contributed by atoms with Crippen LogP contribution in [-0.2, 0) is 30.8 Å². The van der Waals surface area contributed by atoms with Crippen molar-refractivity contribution < 1.29 is 14.3 Å². The van der Waals surface area contributed by atoms with Crippen LogP contribution in [0.5, 0.6) is 5.75 Å². The normalized spacial score (nSPS) is 14.6. The lowest BCUT2D eigenvalue weighted by atomic mass is 10.0. The minimum absolute atomic E-state index is 0.0445. The summed E-state index contributed by atoms with van der Waals surface area (Å²) >= 11 is 0. The van der Waals surface area contributed by atoms with Gasteiger partial charge in [0.05, 0.1) is 24.2 Å². The van der Waals surface area contributed by atoms with Gasteiger partial charge in [0.15, 0.2) is 0 Å². The Morgan fingerprint density at radius 2 is 1.62 bits per heavy atom. The highest BCUT2D eigenvalue weighted by Crippen LogP contribution is 2.23. The van der Waals surface area contributed by atoms with E-state index in [1.165, 1.54) is 5.56 Å². The Kier molecular flexibility index (Phi) is 7.42. The predicted octanol–water partition coefficient (Wildman–Crippen LogP) is 4.49. The van der Waals surface area contributed by atoms with Gasteiger partial charge in [0.25, 0.3) is 5.91 Å². The van der Waals surface area contributed by atoms with Gasteiger partial charge in [-0.1, -0.05) is 42.5 Å². The summed E-state index contributed by atoms with van der Waals surface area (Å²) in [5, 5.41) is 0. The number of rotatable bonds is 3. The first-order valence-electron chi connectivity index (χ1n) is 13.0. The molecule has 0 atom stereocenters. The number of benzene rings is 3. The number of aromatic nitrogens is 2. The average Bonchev–Trinajstić information content (AvgIpc) is 3.19. The highest BCUT2D eigenvalue weighted by molar-refractivity contribution is 5.97. The molecule has 1 aromatic heterocycles. The molecule has 0 spiro atoms. The van der Waals surface area contributed by atoms with Crippen molar-refractivity contribution in [3.63, 3.8) is 0 Å².